The largest absolute Gasteiger partial charge is 0.321 e. The number of carbonyl (C=O) groups is 1. The third-order valence-electron chi connectivity index (χ3n) is 4.71. The van der Waals surface area contributed by atoms with Crippen molar-refractivity contribution in [3.8, 4) is 0 Å². The lowest BCUT2D eigenvalue weighted by atomic mass is 10.0. The average Bonchev–Trinajstić information content (AvgIpc) is 2.99. The highest BCUT2D eigenvalue weighted by Crippen LogP contribution is 2.28. The van der Waals surface area contributed by atoms with Crippen LogP contribution < -0.4 is 10.9 Å². The van der Waals surface area contributed by atoms with E-state index in [-0.39, 0.29) is 11.5 Å². The van der Waals surface area contributed by atoms with Crippen LogP contribution in [-0.2, 0) is 6.54 Å². The zero-order chi connectivity index (χ0) is 19.6. The van der Waals surface area contributed by atoms with Gasteiger partial charge in [0.15, 0.2) is 0 Å². The summed E-state index contributed by atoms with van der Waals surface area (Å²) in [4.78, 5) is 31.1. The molecule has 0 saturated heterocycles. The molecule has 1 aromatic carbocycles. The lowest BCUT2D eigenvalue weighted by Crippen LogP contribution is -2.20. The minimum Gasteiger partial charge on any atom is -0.321 e. The first kappa shape index (κ1) is 19.3. The average molecular weight is 384 g/mol. The Morgan fingerprint density at radius 1 is 1.26 bits per heavy atom. The predicted molar refractivity (Wildman–Crippen MR) is 112 cm³/mol. The number of carbonyl (C=O) groups excluding carboxylic acids is 1. The third kappa shape index (κ3) is 3.95. The number of fused-ring (bicyclic) bond motifs is 1. The van der Waals surface area contributed by atoms with Crippen LogP contribution >= 0.6 is 11.3 Å². The zero-order valence-corrected chi connectivity index (χ0v) is 17.0. The molecule has 6 heteroatoms. The highest BCUT2D eigenvalue weighted by Gasteiger charge is 2.19. The molecule has 142 valence electrons. The second-order valence-electron chi connectivity index (χ2n) is 7.06. The number of nitrogens with one attached hydrogen (secondary N) is 1. The molecule has 5 nitrogen and oxygen atoms in total. The number of thiophene rings is 1. The van der Waals surface area contributed by atoms with E-state index in [9.17, 15) is 9.59 Å². The van der Waals surface area contributed by atoms with Gasteiger partial charge in [-0.15, -0.1) is 11.3 Å². The molecule has 1 N–H and O–H groups in total. The minimum atomic E-state index is -0.202. The van der Waals surface area contributed by atoms with Crippen molar-refractivity contribution < 1.29 is 4.79 Å². The van der Waals surface area contributed by atoms with Crippen LogP contribution in [0.25, 0.3) is 10.2 Å². The molecule has 0 aliphatic carbocycles. The van der Waals surface area contributed by atoms with Crippen LogP contribution in [-0.4, -0.2) is 15.5 Å². The fourth-order valence-electron chi connectivity index (χ4n) is 3.00. The molecule has 0 unspecified atom stereocenters. The van der Waals surface area contributed by atoms with Crippen LogP contribution in [0.15, 0.2) is 35.4 Å². The molecule has 0 saturated carbocycles. The number of benzene rings is 1. The topological polar surface area (TPSA) is 64.0 Å². The number of aryl methyl sites for hydroxylation is 2. The Bertz CT molecular complexity index is 1020. The van der Waals surface area contributed by atoms with Crippen LogP contribution in [0.1, 0.15) is 60.3 Å². The molecule has 0 aliphatic rings. The van der Waals surface area contributed by atoms with Gasteiger partial charge in [-0.1, -0.05) is 39.3 Å². The van der Waals surface area contributed by atoms with Gasteiger partial charge in [0.05, 0.1) is 16.6 Å². The highest BCUT2D eigenvalue weighted by atomic mass is 32.1. The maximum atomic E-state index is 12.8. The number of aromatic nitrogens is 2. The van der Waals surface area contributed by atoms with Crippen molar-refractivity contribution in [3.05, 3.63) is 57.0 Å². The van der Waals surface area contributed by atoms with Crippen molar-refractivity contribution in [2.24, 2.45) is 0 Å². The molecule has 0 bridgehead atoms. The number of rotatable bonds is 6. The maximum Gasteiger partial charge on any atom is 0.266 e. The van der Waals surface area contributed by atoms with Crippen LogP contribution in [0.3, 0.4) is 0 Å². The van der Waals surface area contributed by atoms with Crippen LogP contribution in [0.4, 0.5) is 5.69 Å². The SMILES string of the molecule is CCCCn1cnc2sc(C(=O)Nc3ccc(C(C)C)cc3)c(C)c2c1=O. The standard InChI is InChI=1S/C21H25N3O2S/c1-5-6-11-24-12-22-20-17(21(24)26)14(4)18(27-20)19(25)23-16-9-7-15(8-10-16)13(2)3/h7-10,12-13H,5-6,11H2,1-4H3,(H,23,25). The van der Waals surface area contributed by atoms with Gasteiger partial charge in [0.1, 0.15) is 4.83 Å². The Balaban J connectivity index is 1.89. The molecule has 1 amide bonds. The first-order valence-electron chi connectivity index (χ1n) is 9.32. The Hall–Kier alpha value is -2.47. The van der Waals surface area contributed by atoms with Gasteiger partial charge in [-0.25, -0.2) is 4.98 Å². The molecule has 27 heavy (non-hydrogen) atoms. The lowest BCUT2D eigenvalue weighted by molar-refractivity contribution is 0.103. The van der Waals surface area contributed by atoms with E-state index < -0.39 is 0 Å². The molecule has 0 aliphatic heterocycles. The Morgan fingerprint density at radius 2 is 1.96 bits per heavy atom. The zero-order valence-electron chi connectivity index (χ0n) is 16.2. The van der Waals surface area contributed by atoms with E-state index in [0.717, 1.165) is 18.5 Å². The summed E-state index contributed by atoms with van der Waals surface area (Å²) in [5, 5.41) is 3.48. The molecule has 3 rings (SSSR count). The molecule has 0 radical (unpaired) electrons. The van der Waals surface area contributed by atoms with Crippen LogP contribution in [0.5, 0.6) is 0 Å². The van der Waals surface area contributed by atoms with E-state index >= 15 is 0 Å². The van der Waals surface area contributed by atoms with Crippen molar-refractivity contribution in [3.63, 3.8) is 0 Å². The van der Waals surface area contributed by atoms with Gasteiger partial charge in [-0.05, 0) is 42.5 Å². The number of hydrogen-bond acceptors (Lipinski definition) is 4. The first-order chi connectivity index (χ1) is 12.9. The summed E-state index contributed by atoms with van der Waals surface area (Å²) in [6, 6.07) is 7.86. The molecule has 0 fully saturated rings. The number of anilines is 1. The molecule has 2 heterocycles. The normalized spacial score (nSPS) is 11.3. The summed E-state index contributed by atoms with van der Waals surface area (Å²) < 4.78 is 1.64. The number of nitrogens with zero attached hydrogens (tertiary/aromatic N) is 2. The van der Waals surface area contributed by atoms with Gasteiger partial charge in [-0.2, -0.15) is 0 Å². The number of amides is 1. The number of hydrogen-bond donors (Lipinski definition) is 1. The molecule has 0 atom stereocenters. The summed E-state index contributed by atoms with van der Waals surface area (Å²) in [7, 11) is 0. The molecule has 0 spiro atoms. The van der Waals surface area contributed by atoms with Gasteiger partial charge < -0.3 is 5.32 Å². The Labute approximate surface area is 163 Å². The lowest BCUT2D eigenvalue weighted by Gasteiger charge is -2.08. The molecule has 3 aromatic rings. The van der Waals surface area contributed by atoms with Crippen molar-refractivity contribution in [1.29, 1.82) is 0 Å². The summed E-state index contributed by atoms with van der Waals surface area (Å²) in [5.74, 6) is 0.243. The van der Waals surface area contributed by atoms with Gasteiger partial charge in [0.2, 0.25) is 0 Å². The van der Waals surface area contributed by atoms with E-state index in [2.05, 4.69) is 31.1 Å². The quantitative estimate of drug-likeness (QED) is 0.655. The van der Waals surface area contributed by atoms with Gasteiger partial charge in [0, 0.05) is 12.2 Å². The summed E-state index contributed by atoms with van der Waals surface area (Å²) >= 11 is 1.27. The monoisotopic (exact) mass is 383 g/mol. The fraction of sp³-hybridized carbons (Fsp3) is 0.381. The van der Waals surface area contributed by atoms with Crippen LogP contribution in [0, 0.1) is 6.92 Å². The summed E-state index contributed by atoms with van der Waals surface area (Å²) in [5.41, 5.74) is 2.61. The smallest absolute Gasteiger partial charge is 0.266 e. The second kappa shape index (κ2) is 8.05. The maximum absolute atomic E-state index is 12.8. The molecule has 2 aromatic heterocycles. The predicted octanol–water partition coefficient (Wildman–Crippen LogP) is 4.94. The minimum absolute atomic E-state index is 0.0671. The van der Waals surface area contributed by atoms with Crippen molar-refractivity contribution in [2.75, 3.05) is 5.32 Å². The highest BCUT2D eigenvalue weighted by molar-refractivity contribution is 7.20. The number of unbranched alkanes of at least 4 members (excludes halogenated alkanes) is 1. The fourth-order valence-corrected chi connectivity index (χ4v) is 4.04. The summed E-state index contributed by atoms with van der Waals surface area (Å²) in [6.07, 6.45) is 3.52. The van der Waals surface area contributed by atoms with Gasteiger partial charge in [0.25, 0.3) is 11.5 Å². The van der Waals surface area contributed by atoms with E-state index in [0.29, 0.717) is 33.1 Å². The van der Waals surface area contributed by atoms with Crippen LogP contribution in [0.2, 0.25) is 0 Å². The van der Waals surface area contributed by atoms with Gasteiger partial charge in [-0.3, -0.25) is 14.2 Å². The van der Waals surface area contributed by atoms with Crippen molar-refractivity contribution in [2.45, 2.75) is 53.0 Å². The van der Waals surface area contributed by atoms with Gasteiger partial charge >= 0.3 is 0 Å². The summed E-state index contributed by atoms with van der Waals surface area (Å²) in [6.45, 7) is 8.83. The van der Waals surface area contributed by atoms with E-state index in [1.165, 1.54) is 16.9 Å². The van der Waals surface area contributed by atoms with E-state index in [4.69, 9.17) is 0 Å². The second-order valence-corrected chi connectivity index (χ2v) is 8.06. The Kier molecular flexibility index (Phi) is 5.75. The van der Waals surface area contributed by atoms with E-state index in [1.54, 1.807) is 10.9 Å². The molecular weight excluding hydrogens is 358 g/mol. The van der Waals surface area contributed by atoms with Crippen molar-refractivity contribution in [1.82, 2.24) is 9.55 Å². The van der Waals surface area contributed by atoms with E-state index in [1.807, 2.05) is 31.2 Å². The first-order valence-corrected chi connectivity index (χ1v) is 10.1. The van der Waals surface area contributed by atoms with Crippen molar-refractivity contribution >= 4 is 33.1 Å². The molecular formula is C21H25N3O2S. The third-order valence-corrected chi connectivity index (χ3v) is 5.91. The Morgan fingerprint density at radius 3 is 2.59 bits per heavy atom.